The highest BCUT2D eigenvalue weighted by Gasteiger charge is 2.01. The van der Waals surface area contributed by atoms with Crippen LogP contribution in [0.5, 0.6) is 0 Å². The van der Waals surface area contributed by atoms with Crippen LogP contribution in [-0.2, 0) is 0 Å². The number of hydrogen-bond donors (Lipinski definition) is 2. The van der Waals surface area contributed by atoms with E-state index in [4.69, 9.17) is 23.2 Å². The minimum Gasteiger partial charge on any atom is -0.368 e. The van der Waals surface area contributed by atoms with Crippen molar-refractivity contribution in [2.75, 3.05) is 25.0 Å². The zero-order valence-electron chi connectivity index (χ0n) is 8.69. The van der Waals surface area contributed by atoms with Crippen LogP contribution in [0, 0.1) is 0 Å². The summed E-state index contributed by atoms with van der Waals surface area (Å²) in [6, 6.07) is 1.68. The van der Waals surface area contributed by atoms with Gasteiger partial charge in [0.15, 0.2) is 0 Å². The summed E-state index contributed by atoms with van der Waals surface area (Å²) in [7, 11) is 0. The maximum Gasteiger partial charge on any atom is 0.144 e. The van der Waals surface area contributed by atoms with E-state index in [1.807, 2.05) is 0 Å². The molecule has 0 radical (unpaired) electrons. The molecule has 0 aliphatic carbocycles. The van der Waals surface area contributed by atoms with Gasteiger partial charge >= 0.3 is 0 Å². The second-order valence-corrected chi connectivity index (χ2v) is 4.00. The highest BCUT2D eigenvalue weighted by Crippen LogP contribution is 2.21. The molecule has 0 aliphatic heterocycles. The Hall–Kier alpha value is -0.510. The summed E-state index contributed by atoms with van der Waals surface area (Å²) in [6.45, 7) is 4.87. The lowest BCUT2D eigenvalue weighted by Crippen LogP contribution is -2.23. The van der Waals surface area contributed by atoms with Crippen molar-refractivity contribution in [2.24, 2.45) is 0 Å². The summed E-state index contributed by atoms with van der Waals surface area (Å²) in [4.78, 5) is 4.09. The number of nitrogens with one attached hydrogen (secondary N) is 2. The van der Waals surface area contributed by atoms with E-state index >= 15 is 0 Å². The van der Waals surface area contributed by atoms with E-state index in [9.17, 15) is 0 Å². The molecule has 0 aliphatic rings. The summed E-state index contributed by atoms with van der Waals surface area (Å²) in [5.74, 6) is 0.680. The Morgan fingerprint density at radius 3 is 2.73 bits per heavy atom. The normalized spacial score (nSPS) is 10.3. The molecule has 0 spiro atoms. The first-order valence-electron chi connectivity index (χ1n) is 4.99. The van der Waals surface area contributed by atoms with Crippen LogP contribution in [0.15, 0.2) is 12.3 Å². The van der Waals surface area contributed by atoms with Crippen molar-refractivity contribution >= 4 is 29.0 Å². The monoisotopic (exact) mass is 247 g/mol. The maximum atomic E-state index is 5.94. The predicted molar refractivity (Wildman–Crippen MR) is 65.9 cm³/mol. The van der Waals surface area contributed by atoms with E-state index in [1.165, 1.54) is 0 Å². The molecule has 1 heterocycles. The number of pyridine rings is 1. The number of halogens is 2. The van der Waals surface area contributed by atoms with Crippen LogP contribution in [0.25, 0.3) is 0 Å². The van der Waals surface area contributed by atoms with Crippen LogP contribution in [0.4, 0.5) is 5.82 Å². The van der Waals surface area contributed by atoms with Gasteiger partial charge in [0.2, 0.25) is 0 Å². The summed E-state index contributed by atoms with van der Waals surface area (Å²) in [5, 5.41) is 7.52. The van der Waals surface area contributed by atoms with Crippen LogP contribution < -0.4 is 10.6 Å². The number of hydrogen-bond acceptors (Lipinski definition) is 3. The molecular weight excluding hydrogens is 233 g/mol. The molecule has 0 aromatic carbocycles. The molecule has 0 saturated carbocycles. The van der Waals surface area contributed by atoms with Crippen LogP contribution >= 0.6 is 23.2 Å². The average molecular weight is 248 g/mol. The summed E-state index contributed by atoms with van der Waals surface area (Å²) < 4.78 is 0. The van der Waals surface area contributed by atoms with Crippen LogP contribution in [0.3, 0.4) is 0 Å². The molecule has 5 heteroatoms. The van der Waals surface area contributed by atoms with Gasteiger partial charge in [-0.3, -0.25) is 0 Å². The van der Waals surface area contributed by atoms with Crippen molar-refractivity contribution in [1.29, 1.82) is 0 Å². The minimum atomic E-state index is 0.551. The topological polar surface area (TPSA) is 37.0 Å². The zero-order chi connectivity index (χ0) is 11.1. The number of rotatable bonds is 6. The van der Waals surface area contributed by atoms with Crippen molar-refractivity contribution in [2.45, 2.75) is 13.3 Å². The van der Waals surface area contributed by atoms with E-state index in [-0.39, 0.29) is 0 Å². The lowest BCUT2D eigenvalue weighted by molar-refractivity contribution is 0.687. The van der Waals surface area contributed by atoms with Crippen molar-refractivity contribution in [1.82, 2.24) is 10.3 Å². The fourth-order valence-corrected chi connectivity index (χ4v) is 1.56. The molecule has 0 amide bonds. The molecule has 1 aromatic heterocycles. The van der Waals surface area contributed by atoms with E-state index in [0.29, 0.717) is 15.9 Å². The molecule has 0 saturated heterocycles. The van der Waals surface area contributed by atoms with Crippen molar-refractivity contribution < 1.29 is 0 Å². The van der Waals surface area contributed by atoms with Gasteiger partial charge in [-0.2, -0.15) is 0 Å². The second-order valence-electron chi connectivity index (χ2n) is 3.16. The van der Waals surface area contributed by atoms with Crippen molar-refractivity contribution in [3.63, 3.8) is 0 Å². The van der Waals surface area contributed by atoms with E-state index in [1.54, 1.807) is 12.3 Å². The molecule has 1 aromatic rings. The van der Waals surface area contributed by atoms with Crippen molar-refractivity contribution in [3.8, 4) is 0 Å². The Bertz CT molecular complexity index is 305. The van der Waals surface area contributed by atoms with Gasteiger partial charge in [-0.1, -0.05) is 30.1 Å². The third-order valence-corrected chi connectivity index (χ3v) is 2.32. The fraction of sp³-hybridized carbons (Fsp3) is 0.500. The molecule has 0 unspecified atom stereocenters. The third kappa shape index (κ3) is 4.69. The quantitative estimate of drug-likeness (QED) is 0.760. The first kappa shape index (κ1) is 12.6. The SMILES string of the molecule is CCCNCCNc1ncc(Cl)cc1Cl. The third-order valence-electron chi connectivity index (χ3n) is 1.83. The van der Waals surface area contributed by atoms with Crippen LogP contribution in [0.1, 0.15) is 13.3 Å². The van der Waals surface area contributed by atoms with Gasteiger partial charge in [0, 0.05) is 19.3 Å². The largest absolute Gasteiger partial charge is 0.368 e. The number of anilines is 1. The summed E-state index contributed by atoms with van der Waals surface area (Å²) in [5.41, 5.74) is 0. The van der Waals surface area contributed by atoms with Crippen molar-refractivity contribution in [3.05, 3.63) is 22.3 Å². The Morgan fingerprint density at radius 1 is 1.27 bits per heavy atom. The number of aromatic nitrogens is 1. The number of nitrogens with zero attached hydrogens (tertiary/aromatic N) is 1. The van der Waals surface area contributed by atoms with Crippen LogP contribution in [-0.4, -0.2) is 24.6 Å². The molecule has 15 heavy (non-hydrogen) atoms. The van der Waals surface area contributed by atoms with E-state index in [2.05, 4.69) is 22.5 Å². The molecule has 0 fully saturated rings. The molecule has 0 atom stereocenters. The molecule has 3 nitrogen and oxygen atoms in total. The van der Waals surface area contributed by atoms with Gasteiger partial charge in [0.05, 0.1) is 10.0 Å². The van der Waals surface area contributed by atoms with E-state index in [0.717, 1.165) is 26.1 Å². The van der Waals surface area contributed by atoms with Gasteiger partial charge in [-0.05, 0) is 19.0 Å². The second kappa shape index (κ2) is 6.88. The molecule has 84 valence electrons. The first-order valence-corrected chi connectivity index (χ1v) is 5.75. The fourth-order valence-electron chi connectivity index (χ4n) is 1.12. The Labute approximate surface area is 100 Å². The molecule has 2 N–H and O–H groups in total. The van der Waals surface area contributed by atoms with Gasteiger partial charge in [-0.25, -0.2) is 4.98 Å². The van der Waals surface area contributed by atoms with E-state index < -0.39 is 0 Å². The summed E-state index contributed by atoms with van der Waals surface area (Å²) >= 11 is 11.7. The Kier molecular flexibility index (Phi) is 5.76. The summed E-state index contributed by atoms with van der Waals surface area (Å²) in [6.07, 6.45) is 2.72. The Balaban J connectivity index is 2.31. The van der Waals surface area contributed by atoms with Gasteiger partial charge < -0.3 is 10.6 Å². The lowest BCUT2D eigenvalue weighted by atomic mass is 10.4. The standard InChI is InChI=1S/C10H15Cl2N3/c1-2-3-13-4-5-14-10-9(12)6-8(11)7-15-10/h6-7,13H,2-5H2,1H3,(H,14,15). The maximum absolute atomic E-state index is 5.94. The molecular formula is C10H15Cl2N3. The van der Waals surface area contributed by atoms with Gasteiger partial charge in [0.1, 0.15) is 5.82 Å². The Morgan fingerprint density at radius 2 is 2.07 bits per heavy atom. The molecule has 1 rings (SSSR count). The smallest absolute Gasteiger partial charge is 0.144 e. The minimum absolute atomic E-state index is 0.551. The highest BCUT2D eigenvalue weighted by atomic mass is 35.5. The predicted octanol–water partition coefficient (Wildman–Crippen LogP) is 2.80. The van der Waals surface area contributed by atoms with Gasteiger partial charge in [-0.15, -0.1) is 0 Å². The lowest BCUT2D eigenvalue weighted by Gasteiger charge is -2.07. The van der Waals surface area contributed by atoms with Crippen LogP contribution in [0.2, 0.25) is 10.0 Å². The average Bonchev–Trinajstić information content (AvgIpc) is 2.20. The van der Waals surface area contributed by atoms with Gasteiger partial charge in [0.25, 0.3) is 0 Å². The first-order chi connectivity index (χ1) is 7.24. The molecule has 0 bridgehead atoms. The highest BCUT2D eigenvalue weighted by molar-refractivity contribution is 6.35. The zero-order valence-corrected chi connectivity index (χ0v) is 10.2.